The molecule has 4 heteroatoms. The van der Waals surface area contributed by atoms with Gasteiger partial charge < -0.3 is 9.47 Å². The zero-order valence-electron chi connectivity index (χ0n) is 16.1. The first-order valence-electron chi connectivity index (χ1n) is 9.68. The Balaban J connectivity index is 5.19. The minimum Gasteiger partial charge on any atom is -0.462 e. The van der Waals surface area contributed by atoms with Crippen LogP contribution in [0.25, 0.3) is 0 Å². The van der Waals surface area contributed by atoms with Crippen molar-refractivity contribution in [3.05, 3.63) is 11.1 Å². The molecule has 0 heterocycles. The second-order valence-corrected chi connectivity index (χ2v) is 6.14. The van der Waals surface area contributed by atoms with E-state index in [2.05, 4.69) is 20.8 Å². The van der Waals surface area contributed by atoms with Gasteiger partial charge >= 0.3 is 11.9 Å². The van der Waals surface area contributed by atoms with E-state index in [-0.39, 0.29) is 11.9 Å². The van der Waals surface area contributed by atoms with Crippen molar-refractivity contribution in [3.63, 3.8) is 0 Å². The van der Waals surface area contributed by atoms with Gasteiger partial charge in [-0.15, -0.1) is 0 Å². The maximum absolute atomic E-state index is 12.5. The van der Waals surface area contributed by atoms with E-state index in [0.717, 1.165) is 51.4 Å². The number of hydrogen-bond acceptors (Lipinski definition) is 4. The van der Waals surface area contributed by atoms with E-state index >= 15 is 0 Å². The van der Waals surface area contributed by atoms with E-state index in [9.17, 15) is 9.59 Å². The first kappa shape index (κ1) is 22.7. The molecule has 0 aliphatic carbocycles. The first-order valence-corrected chi connectivity index (χ1v) is 9.68. The molecule has 0 rings (SSSR count). The Bertz CT molecular complexity index is 385. The van der Waals surface area contributed by atoms with Crippen LogP contribution in [-0.4, -0.2) is 25.2 Å². The molecule has 0 radical (unpaired) electrons. The van der Waals surface area contributed by atoms with Gasteiger partial charge in [0.1, 0.15) is 0 Å². The van der Waals surface area contributed by atoms with Crippen molar-refractivity contribution in [2.75, 3.05) is 13.2 Å². The van der Waals surface area contributed by atoms with Crippen molar-refractivity contribution in [1.82, 2.24) is 0 Å². The van der Waals surface area contributed by atoms with Gasteiger partial charge in [0.15, 0.2) is 0 Å². The second-order valence-electron chi connectivity index (χ2n) is 6.14. The van der Waals surface area contributed by atoms with Crippen LogP contribution in [0, 0.1) is 0 Å². The zero-order valence-corrected chi connectivity index (χ0v) is 16.1. The number of hydrogen-bond donors (Lipinski definition) is 0. The molecule has 0 aromatic carbocycles. The summed E-state index contributed by atoms with van der Waals surface area (Å²) < 4.78 is 10.7. The summed E-state index contributed by atoms with van der Waals surface area (Å²) in [6, 6.07) is 0. The van der Waals surface area contributed by atoms with Crippen molar-refractivity contribution in [3.8, 4) is 0 Å². The molecule has 0 spiro atoms. The summed E-state index contributed by atoms with van der Waals surface area (Å²) in [5.74, 6) is -0.681. The van der Waals surface area contributed by atoms with Crippen LogP contribution in [0.15, 0.2) is 11.1 Å². The molecule has 0 aromatic heterocycles. The number of carbonyl (C=O) groups excluding carboxylic acids is 2. The molecule has 24 heavy (non-hydrogen) atoms. The lowest BCUT2D eigenvalue weighted by atomic mass is 9.98. The monoisotopic (exact) mass is 340 g/mol. The number of carbonyl (C=O) groups is 2. The average molecular weight is 341 g/mol. The third-order valence-electron chi connectivity index (χ3n) is 3.85. The van der Waals surface area contributed by atoms with E-state index in [1.165, 1.54) is 0 Å². The minimum absolute atomic E-state index is 0.338. The standard InChI is InChI=1S/C20H36O4/c1-5-9-12-14-18(20(22)24-16-11-7-3)17(13-8-4)19(21)23-15-10-6-2/h5-16H2,1-4H3/b18-17-. The van der Waals surface area contributed by atoms with Crippen molar-refractivity contribution < 1.29 is 19.1 Å². The van der Waals surface area contributed by atoms with E-state index in [1.807, 2.05) is 6.92 Å². The Morgan fingerprint density at radius 3 is 1.46 bits per heavy atom. The lowest BCUT2D eigenvalue weighted by Gasteiger charge is -2.14. The molecule has 0 N–H and O–H groups in total. The summed E-state index contributed by atoms with van der Waals surface area (Å²) in [4.78, 5) is 24.9. The number of esters is 2. The average Bonchev–Trinajstić information content (AvgIpc) is 2.57. The van der Waals surface area contributed by atoms with Gasteiger partial charge in [-0.05, 0) is 32.1 Å². The van der Waals surface area contributed by atoms with Crippen LogP contribution < -0.4 is 0 Å². The third-order valence-corrected chi connectivity index (χ3v) is 3.85. The van der Waals surface area contributed by atoms with Crippen LogP contribution in [0.3, 0.4) is 0 Å². The van der Waals surface area contributed by atoms with Crippen LogP contribution >= 0.6 is 0 Å². The van der Waals surface area contributed by atoms with E-state index in [0.29, 0.717) is 37.2 Å². The van der Waals surface area contributed by atoms with Crippen molar-refractivity contribution >= 4 is 11.9 Å². The van der Waals surface area contributed by atoms with Gasteiger partial charge in [-0.1, -0.05) is 59.8 Å². The summed E-state index contributed by atoms with van der Waals surface area (Å²) in [7, 11) is 0. The van der Waals surface area contributed by atoms with Crippen molar-refractivity contribution in [1.29, 1.82) is 0 Å². The van der Waals surface area contributed by atoms with Crippen LogP contribution in [0.1, 0.15) is 91.9 Å². The molecule has 0 saturated carbocycles. The lowest BCUT2D eigenvalue weighted by molar-refractivity contribution is -0.142. The summed E-state index contributed by atoms with van der Waals surface area (Å²) in [5, 5.41) is 0. The van der Waals surface area contributed by atoms with Gasteiger partial charge in [-0.3, -0.25) is 0 Å². The SMILES string of the molecule is CCCCC/C(C(=O)OCCCC)=C(\CCC)C(=O)OCCCC. The molecule has 140 valence electrons. The number of rotatable bonds is 14. The highest BCUT2D eigenvalue weighted by molar-refractivity contribution is 6.00. The topological polar surface area (TPSA) is 52.6 Å². The Morgan fingerprint density at radius 1 is 0.583 bits per heavy atom. The van der Waals surface area contributed by atoms with Crippen LogP contribution in [0.5, 0.6) is 0 Å². The van der Waals surface area contributed by atoms with E-state index < -0.39 is 0 Å². The highest BCUT2D eigenvalue weighted by Crippen LogP contribution is 2.21. The normalized spacial score (nSPS) is 11.8. The fourth-order valence-corrected chi connectivity index (χ4v) is 2.35. The maximum atomic E-state index is 12.5. The molecule has 0 fully saturated rings. The lowest BCUT2D eigenvalue weighted by Crippen LogP contribution is -2.18. The van der Waals surface area contributed by atoms with Crippen LogP contribution in [0.2, 0.25) is 0 Å². The molecule has 4 nitrogen and oxygen atoms in total. The smallest absolute Gasteiger partial charge is 0.334 e. The molecule has 0 atom stereocenters. The molecule has 0 bridgehead atoms. The fraction of sp³-hybridized carbons (Fsp3) is 0.800. The highest BCUT2D eigenvalue weighted by Gasteiger charge is 2.22. The quantitative estimate of drug-likeness (QED) is 0.243. The summed E-state index contributed by atoms with van der Waals surface area (Å²) in [5.41, 5.74) is 1.05. The summed E-state index contributed by atoms with van der Waals surface area (Å²) >= 11 is 0. The Kier molecular flexibility index (Phi) is 14.4. The number of ether oxygens (including phenoxy) is 2. The van der Waals surface area contributed by atoms with Crippen LogP contribution in [0.4, 0.5) is 0 Å². The van der Waals surface area contributed by atoms with E-state index in [1.54, 1.807) is 0 Å². The summed E-state index contributed by atoms with van der Waals surface area (Å²) in [6.45, 7) is 9.06. The Hall–Kier alpha value is -1.32. The Labute approximate surface area is 148 Å². The molecule has 0 aliphatic rings. The predicted molar refractivity (Wildman–Crippen MR) is 97.8 cm³/mol. The fourth-order valence-electron chi connectivity index (χ4n) is 2.35. The highest BCUT2D eigenvalue weighted by atomic mass is 16.5. The molecule has 0 aromatic rings. The third kappa shape index (κ3) is 9.74. The van der Waals surface area contributed by atoms with Crippen LogP contribution in [-0.2, 0) is 19.1 Å². The van der Waals surface area contributed by atoms with Gasteiger partial charge in [-0.2, -0.15) is 0 Å². The predicted octanol–water partition coefficient (Wildman–Crippen LogP) is 5.35. The van der Waals surface area contributed by atoms with Gasteiger partial charge in [0.25, 0.3) is 0 Å². The van der Waals surface area contributed by atoms with Gasteiger partial charge in [0.05, 0.1) is 13.2 Å². The van der Waals surface area contributed by atoms with Crippen molar-refractivity contribution in [2.45, 2.75) is 91.9 Å². The molecule has 0 saturated heterocycles. The number of unbranched alkanes of at least 4 members (excludes halogenated alkanes) is 4. The first-order chi connectivity index (χ1) is 11.6. The van der Waals surface area contributed by atoms with Gasteiger partial charge in [0.2, 0.25) is 0 Å². The molecular formula is C20H36O4. The van der Waals surface area contributed by atoms with Gasteiger partial charge in [-0.25, -0.2) is 9.59 Å². The Morgan fingerprint density at radius 2 is 1.04 bits per heavy atom. The largest absolute Gasteiger partial charge is 0.462 e. The molecule has 0 amide bonds. The zero-order chi connectivity index (χ0) is 18.2. The van der Waals surface area contributed by atoms with Crippen molar-refractivity contribution in [2.24, 2.45) is 0 Å². The van der Waals surface area contributed by atoms with E-state index in [4.69, 9.17) is 9.47 Å². The molecule has 0 unspecified atom stereocenters. The molecular weight excluding hydrogens is 304 g/mol. The summed E-state index contributed by atoms with van der Waals surface area (Å²) in [6.07, 6.45) is 8.60. The maximum Gasteiger partial charge on any atom is 0.334 e. The minimum atomic E-state index is -0.343. The van der Waals surface area contributed by atoms with Gasteiger partial charge in [0, 0.05) is 11.1 Å². The molecule has 0 aliphatic heterocycles. The second kappa shape index (κ2) is 15.2.